The molecule has 4 heteroatoms. The zero-order valence-electron chi connectivity index (χ0n) is 13.7. The van der Waals surface area contributed by atoms with Gasteiger partial charge in [0.05, 0.1) is 6.61 Å². The van der Waals surface area contributed by atoms with E-state index < -0.39 is 6.09 Å². The van der Waals surface area contributed by atoms with Crippen molar-refractivity contribution in [2.45, 2.75) is 64.8 Å². The first-order valence-electron chi connectivity index (χ1n) is 8.44. The van der Waals surface area contributed by atoms with Gasteiger partial charge in [0.25, 0.3) is 0 Å². The molecule has 1 aromatic rings. The summed E-state index contributed by atoms with van der Waals surface area (Å²) in [4.78, 5) is 21.0. The van der Waals surface area contributed by atoms with Crippen LogP contribution in [0.2, 0.25) is 0 Å². The lowest BCUT2D eigenvalue weighted by atomic mass is 10.1. The van der Waals surface area contributed by atoms with E-state index in [1.54, 1.807) is 0 Å². The fraction of sp³-hybridized carbons (Fsp3) is 0.611. The Kier molecular flexibility index (Phi) is 11.0. The second-order valence-electron chi connectivity index (χ2n) is 5.51. The molecule has 0 atom stereocenters. The number of nitrogens with one attached hydrogen (secondary N) is 1. The maximum Gasteiger partial charge on any atom is 0.438 e. The predicted molar refractivity (Wildman–Crippen MR) is 88.3 cm³/mol. The summed E-state index contributed by atoms with van der Waals surface area (Å²) in [5.41, 5.74) is 1.03. The van der Waals surface area contributed by atoms with Gasteiger partial charge in [-0.2, -0.15) is 4.89 Å². The highest BCUT2D eigenvalue weighted by atomic mass is 17.2. The van der Waals surface area contributed by atoms with Crippen molar-refractivity contribution in [3.05, 3.63) is 35.9 Å². The van der Waals surface area contributed by atoms with E-state index in [-0.39, 0.29) is 0 Å². The van der Waals surface area contributed by atoms with E-state index in [0.29, 0.717) is 13.2 Å². The highest BCUT2D eigenvalue weighted by Gasteiger charge is 2.02. The van der Waals surface area contributed by atoms with Gasteiger partial charge in [-0.1, -0.05) is 82.2 Å². The highest BCUT2D eigenvalue weighted by molar-refractivity contribution is 5.66. The monoisotopic (exact) mass is 307 g/mol. The first-order valence-corrected chi connectivity index (χ1v) is 8.44. The van der Waals surface area contributed by atoms with Crippen molar-refractivity contribution >= 4 is 6.09 Å². The van der Waals surface area contributed by atoms with Crippen molar-refractivity contribution in [1.82, 2.24) is 5.32 Å². The summed E-state index contributed by atoms with van der Waals surface area (Å²) >= 11 is 0. The van der Waals surface area contributed by atoms with Crippen molar-refractivity contribution in [3.63, 3.8) is 0 Å². The van der Waals surface area contributed by atoms with Crippen LogP contribution in [-0.4, -0.2) is 12.7 Å². The maximum atomic E-state index is 11.4. The third-order valence-corrected chi connectivity index (χ3v) is 3.50. The first-order chi connectivity index (χ1) is 10.8. The van der Waals surface area contributed by atoms with Gasteiger partial charge < -0.3 is 5.32 Å². The molecule has 0 aliphatic rings. The van der Waals surface area contributed by atoms with Crippen LogP contribution in [0.3, 0.4) is 0 Å². The molecule has 1 N–H and O–H groups in total. The molecule has 0 fully saturated rings. The van der Waals surface area contributed by atoms with Gasteiger partial charge in [-0.15, -0.1) is 0 Å². The summed E-state index contributed by atoms with van der Waals surface area (Å²) in [5.74, 6) is 0. The quantitative estimate of drug-likeness (QED) is 0.336. The van der Waals surface area contributed by atoms with Crippen LogP contribution >= 0.6 is 0 Å². The van der Waals surface area contributed by atoms with Gasteiger partial charge in [-0.25, -0.2) is 4.79 Å². The lowest BCUT2D eigenvalue weighted by molar-refractivity contribution is -0.239. The van der Waals surface area contributed by atoms with Gasteiger partial charge >= 0.3 is 6.09 Å². The molecule has 0 saturated carbocycles. The Balaban J connectivity index is 1.87. The summed E-state index contributed by atoms with van der Waals surface area (Å²) < 4.78 is 0. The largest absolute Gasteiger partial charge is 0.438 e. The number of amides is 1. The average Bonchev–Trinajstić information content (AvgIpc) is 2.55. The first kappa shape index (κ1) is 18.5. The van der Waals surface area contributed by atoms with E-state index in [9.17, 15) is 4.79 Å². The second kappa shape index (κ2) is 13.1. The normalized spacial score (nSPS) is 10.4. The summed E-state index contributed by atoms with van der Waals surface area (Å²) in [6.45, 7) is 3.14. The number of unbranched alkanes of at least 4 members (excludes halogenated alkanes) is 7. The SMILES string of the molecule is CCCCCCCCCCOOC(=O)NCc1ccccc1. The molecule has 0 spiro atoms. The summed E-state index contributed by atoms with van der Waals surface area (Å²) in [6, 6.07) is 9.69. The third kappa shape index (κ3) is 10.2. The van der Waals surface area contributed by atoms with E-state index in [4.69, 9.17) is 4.89 Å². The van der Waals surface area contributed by atoms with Crippen LogP contribution < -0.4 is 5.32 Å². The lowest BCUT2D eigenvalue weighted by Crippen LogP contribution is -2.24. The Morgan fingerprint density at radius 2 is 1.59 bits per heavy atom. The van der Waals surface area contributed by atoms with Gasteiger partial charge in [0.2, 0.25) is 0 Å². The Bertz CT molecular complexity index is 381. The minimum atomic E-state index is -0.539. The van der Waals surface area contributed by atoms with Crippen LogP contribution in [0, 0.1) is 0 Å². The van der Waals surface area contributed by atoms with E-state index in [2.05, 4.69) is 17.1 Å². The predicted octanol–water partition coefficient (Wildman–Crippen LogP) is 4.99. The van der Waals surface area contributed by atoms with Crippen LogP contribution in [0.4, 0.5) is 4.79 Å². The highest BCUT2D eigenvalue weighted by Crippen LogP contribution is 2.08. The Morgan fingerprint density at radius 3 is 2.27 bits per heavy atom. The molecular weight excluding hydrogens is 278 g/mol. The van der Waals surface area contributed by atoms with Crippen molar-refractivity contribution in [1.29, 1.82) is 0 Å². The number of hydrogen-bond donors (Lipinski definition) is 1. The molecule has 22 heavy (non-hydrogen) atoms. The van der Waals surface area contributed by atoms with Crippen LogP contribution in [-0.2, 0) is 16.3 Å². The molecule has 1 aromatic carbocycles. The minimum Gasteiger partial charge on any atom is -0.315 e. The van der Waals surface area contributed by atoms with E-state index in [1.165, 1.54) is 38.5 Å². The fourth-order valence-electron chi connectivity index (χ4n) is 2.19. The zero-order valence-corrected chi connectivity index (χ0v) is 13.7. The number of hydrogen-bond acceptors (Lipinski definition) is 3. The summed E-state index contributed by atoms with van der Waals surface area (Å²) in [7, 11) is 0. The molecule has 1 rings (SSSR count). The molecule has 0 radical (unpaired) electrons. The summed E-state index contributed by atoms with van der Waals surface area (Å²) in [6.07, 6.45) is 9.34. The molecule has 4 nitrogen and oxygen atoms in total. The van der Waals surface area contributed by atoms with Crippen molar-refractivity contribution in [2.75, 3.05) is 6.61 Å². The molecule has 0 aliphatic heterocycles. The average molecular weight is 307 g/mol. The number of benzene rings is 1. The third-order valence-electron chi connectivity index (χ3n) is 3.50. The Morgan fingerprint density at radius 1 is 0.955 bits per heavy atom. The van der Waals surface area contributed by atoms with Crippen molar-refractivity contribution in [2.24, 2.45) is 0 Å². The number of rotatable bonds is 12. The van der Waals surface area contributed by atoms with E-state index in [1.807, 2.05) is 30.3 Å². The maximum absolute atomic E-state index is 11.4. The molecule has 0 aromatic heterocycles. The summed E-state index contributed by atoms with van der Waals surface area (Å²) in [5, 5.41) is 2.64. The van der Waals surface area contributed by atoms with Gasteiger partial charge in [0.15, 0.2) is 0 Å². The fourth-order valence-corrected chi connectivity index (χ4v) is 2.19. The topological polar surface area (TPSA) is 47.6 Å². The van der Waals surface area contributed by atoms with Crippen molar-refractivity contribution < 1.29 is 14.6 Å². The molecule has 0 bridgehead atoms. The number of carbonyl (C=O) groups is 1. The molecule has 0 heterocycles. The van der Waals surface area contributed by atoms with Gasteiger partial charge in [0, 0.05) is 6.54 Å². The Hall–Kier alpha value is -1.55. The zero-order chi connectivity index (χ0) is 15.9. The second-order valence-corrected chi connectivity index (χ2v) is 5.51. The number of carbonyl (C=O) groups excluding carboxylic acids is 1. The van der Waals surface area contributed by atoms with Gasteiger partial charge in [0.1, 0.15) is 0 Å². The Labute approximate surface area is 134 Å². The van der Waals surface area contributed by atoms with Crippen molar-refractivity contribution in [3.8, 4) is 0 Å². The van der Waals surface area contributed by atoms with Crippen LogP contribution in [0.5, 0.6) is 0 Å². The van der Waals surface area contributed by atoms with Crippen LogP contribution in [0.25, 0.3) is 0 Å². The molecule has 1 amide bonds. The van der Waals surface area contributed by atoms with E-state index in [0.717, 1.165) is 18.4 Å². The lowest BCUT2D eigenvalue weighted by Gasteiger charge is -2.06. The smallest absolute Gasteiger partial charge is 0.315 e. The standard InChI is InChI=1S/C18H29NO3/c1-2-3-4-5-6-7-8-12-15-21-22-18(20)19-16-17-13-10-9-11-14-17/h9-11,13-14H,2-8,12,15-16H2,1H3,(H,19,20). The molecule has 0 saturated heterocycles. The van der Waals surface area contributed by atoms with Gasteiger partial charge in [-0.05, 0) is 12.0 Å². The molecule has 124 valence electrons. The molecule has 0 unspecified atom stereocenters. The molecule has 0 aliphatic carbocycles. The van der Waals surface area contributed by atoms with Crippen LogP contribution in [0.15, 0.2) is 30.3 Å². The van der Waals surface area contributed by atoms with Crippen LogP contribution in [0.1, 0.15) is 63.9 Å². The minimum absolute atomic E-state index is 0.445. The van der Waals surface area contributed by atoms with Gasteiger partial charge in [-0.3, -0.25) is 4.89 Å². The van der Waals surface area contributed by atoms with E-state index >= 15 is 0 Å². The molecular formula is C18H29NO3.